The Hall–Kier alpha value is -6.96. The molecule has 0 atom stereocenters. The fourth-order valence-corrected chi connectivity index (χ4v) is 8.69. The maximum Gasteiger partial charge on any atom is 0.514 e. The van der Waals surface area contributed by atoms with E-state index in [1.54, 1.807) is 0 Å². The predicted molar refractivity (Wildman–Crippen MR) is 258 cm³/mol. The molecule has 70 heavy (non-hydrogen) atoms. The van der Waals surface area contributed by atoms with Gasteiger partial charge in [0.25, 0.3) is 0 Å². The molecule has 0 heterocycles. The van der Waals surface area contributed by atoms with Gasteiger partial charge in [-0.1, -0.05) is 102 Å². The quantitative estimate of drug-likeness (QED) is 0.0161. The highest BCUT2D eigenvalue weighted by Crippen LogP contribution is 2.31. The second kappa shape index (κ2) is 26.7. The van der Waals surface area contributed by atoms with Crippen molar-refractivity contribution in [2.24, 2.45) is 0 Å². The van der Waals surface area contributed by atoms with E-state index in [4.69, 9.17) is 28.7 Å². The topological polar surface area (TPSA) is 192 Å². The van der Waals surface area contributed by atoms with Crippen LogP contribution in [0.3, 0.4) is 0 Å². The lowest BCUT2D eigenvalue weighted by Crippen LogP contribution is -2.21. The maximum atomic E-state index is 14.4. The van der Waals surface area contributed by atoms with Gasteiger partial charge in [-0.25, -0.2) is 29.0 Å². The molecule has 0 spiro atoms. The summed E-state index contributed by atoms with van der Waals surface area (Å²) < 4.78 is 22.0. The van der Waals surface area contributed by atoms with E-state index < -0.39 is 35.8 Å². The van der Waals surface area contributed by atoms with Crippen molar-refractivity contribution in [1.82, 2.24) is 0 Å². The number of Topliss-reactive ketones (excluding diaryl/α,β-unsaturated/α-hetero) is 2. The van der Waals surface area contributed by atoms with Gasteiger partial charge in [-0.15, -0.1) is 0 Å². The van der Waals surface area contributed by atoms with Crippen LogP contribution in [0.15, 0.2) is 84.9 Å². The van der Waals surface area contributed by atoms with E-state index in [1.165, 1.54) is 84.9 Å². The summed E-state index contributed by atoms with van der Waals surface area (Å²) in [6.45, 7) is 4.20. The molecule has 6 rings (SSSR count). The summed E-state index contributed by atoms with van der Waals surface area (Å²) in [5.41, 5.74) is -1.12. The number of carbonyl (C=O) groups excluding carboxylic acids is 8. The molecule has 4 aromatic rings. The van der Waals surface area contributed by atoms with Crippen molar-refractivity contribution in [3.8, 4) is 11.5 Å². The average molecular weight is 959 g/mol. The third-order valence-electron chi connectivity index (χ3n) is 12.6. The highest BCUT2D eigenvalue weighted by atomic mass is 17.2. The molecule has 2 aliphatic rings. The van der Waals surface area contributed by atoms with Crippen LogP contribution >= 0.6 is 0 Å². The Morgan fingerprint density at radius 3 is 1.16 bits per heavy atom. The lowest BCUT2D eigenvalue weighted by atomic mass is 9.94. The zero-order chi connectivity index (χ0) is 49.8. The molecular formula is C56H62O14. The molecule has 0 unspecified atom stereocenters. The number of ether oxygens (including phenoxy) is 4. The fraction of sp³-hybridized carbons (Fsp3) is 0.429. The molecule has 2 fully saturated rings. The Morgan fingerprint density at radius 1 is 0.429 bits per heavy atom. The molecule has 2 saturated carbocycles. The molecule has 0 bridgehead atoms. The number of unbranched alkanes of at least 4 members (excludes halogenated alkanes) is 8. The third kappa shape index (κ3) is 14.8. The summed E-state index contributed by atoms with van der Waals surface area (Å²) in [7, 11) is 0. The number of hydrogen-bond acceptors (Lipinski definition) is 14. The largest absolute Gasteiger partial charge is 0.514 e. The number of carbonyl (C=O) groups is 8. The Labute approximate surface area is 408 Å². The molecule has 0 radical (unpaired) electrons. The van der Waals surface area contributed by atoms with Crippen LogP contribution in [0.4, 0.5) is 9.59 Å². The Bertz CT molecular complexity index is 2340. The van der Waals surface area contributed by atoms with Gasteiger partial charge in [-0.3, -0.25) is 19.2 Å². The van der Waals surface area contributed by atoms with Crippen LogP contribution in [0.2, 0.25) is 0 Å². The van der Waals surface area contributed by atoms with Crippen LogP contribution in [0.1, 0.15) is 216 Å². The van der Waals surface area contributed by atoms with E-state index in [0.717, 1.165) is 77.0 Å². The first-order valence-electron chi connectivity index (χ1n) is 24.8. The van der Waals surface area contributed by atoms with E-state index in [0.29, 0.717) is 38.5 Å². The molecule has 0 aliphatic heterocycles. The minimum absolute atomic E-state index is 0.195. The first kappa shape index (κ1) is 52.4. The Morgan fingerprint density at radius 2 is 0.786 bits per heavy atom. The van der Waals surface area contributed by atoms with E-state index in [9.17, 15) is 38.4 Å². The molecule has 14 nitrogen and oxygen atoms in total. The van der Waals surface area contributed by atoms with Crippen molar-refractivity contribution in [3.63, 3.8) is 0 Å². The molecule has 4 aromatic carbocycles. The lowest BCUT2D eigenvalue weighted by Gasteiger charge is -2.15. The number of benzene rings is 4. The first-order chi connectivity index (χ1) is 34.0. The van der Waals surface area contributed by atoms with Gasteiger partial charge in [0.05, 0.1) is 22.3 Å². The highest BCUT2D eigenvalue weighted by Gasteiger charge is 2.30. The van der Waals surface area contributed by atoms with Gasteiger partial charge in [0.2, 0.25) is 0 Å². The molecule has 14 heteroatoms. The van der Waals surface area contributed by atoms with Gasteiger partial charge in [0.15, 0.2) is 23.1 Å². The summed E-state index contributed by atoms with van der Waals surface area (Å²) in [5.74, 6) is -4.97. The van der Waals surface area contributed by atoms with Crippen LogP contribution in [-0.2, 0) is 19.2 Å². The van der Waals surface area contributed by atoms with Crippen LogP contribution in [-0.4, -0.2) is 59.6 Å². The zero-order valence-corrected chi connectivity index (χ0v) is 40.1. The number of hydrogen-bond donors (Lipinski definition) is 0. The molecule has 0 N–H and O–H groups in total. The molecule has 0 saturated heterocycles. The standard InChI is InChI=1S/C56H62O14/c1-3-5-7-9-11-29-47(57)37-31-33-49(67-55(63)65-39-21-13-14-22-39)45(35-37)51(59)41-25-17-19-27-43(41)53(61)69-70-54(62)44-28-20-18-26-42(44)52(60)46-36-38(48(58)30-12-10-8-6-4-2)32-34-50(46)68-56(64)66-40-23-15-16-24-40/h17-20,25-28,31-36,39-40H,3-16,21-24,29-30H2,1-2H3. The summed E-state index contributed by atoms with van der Waals surface area (Å²) in [4.78, 5) is 119. The molecule has 0 amide bonds. The van der Waals surface area contributed by atoms with Gasteiger partial charge in [0, 0.05) is 35.1 Å². The average Bonchev–Trinajstić information content (AvgIpc) is 4.10. The van der Waals surface area contributed by atoms with Crippen LogP contribution in [0.25, 0.3) is 0 Å². The van der Waals surface area contributed by atoms with Crippen LogP contribution < -0.4 is 9.47 Å². The van der Waals surface area contributed by atoms with Crippen molar-refractivity contribution in [2.75, 3.05) is 0 Å². The second-order valence-corrected chi connectivity index (χ2v) is 17.8. The molecular weight excluding hydrogens is 897 g/mol. The molecule has 370 valence electrons. The number of ketones is 4. The molecule has 0 aromatic heterocycles. The Balaban J connectivity index is 1.21. The fourth-order valence-electron chi connectivity index (χ4n) is 8.69. The third-order valence-corrected chi connectivity index (χ3v) is 12.6. The van der Waals surface area contributed by atoms with Gasteiger partial charge < -0.3 is 18.9 Å². The summed E-state index contributed by atoms with van der Waals surface area (Å²) in [6, 6.07) is 19.3. The minimum atomic E-state index is -1.26. The van der Waals surface area contributed by atoms with Gasteiger partial charge in [-0.2, -0.15) is 0 Å². The monoisotopic (exact) mass is 958 g/mol. The zero-order valence-electron chi connectivity index (χ0n) is 40.1. The van der Waals surface area contributed by atoms with Gasteiger partial charge >= 0.3 is 24.2 Å². The first-order valence-corrected chi connectivity index (χ1v) is 24.8. The maximum absolute atomic E-state index is 14.4. The van der Waals surface area contributed by atoms with Gasteiger partial charge in [0.1, 0.15) is 23.7 Å². The predicted octanol–water partition coefficient (Wildman–Crippen LogP) is 13.1. The summed E-state index contributed by atoms with van der Waals surface area (Å²) in [5, 5.41) is 0. The van der Waals surface area contributed by atoms with Gasteiger partial charge in [-0.05, 0) is 113 Å². The van der Waals surface area contributed by atoms with E-state index in [1.807, 2.05) is 0 Å². The van der Waals surface area contributed by atoms with Crippen molar-refractivity contribution in [3.05, 3.63) is 129 Å². The van der Waals surface area contributed by atoms with E-state index in [2.05, 4.69) is 13.8 Å². The van der Waals surface area contributed by atoms with E-state index in [-0.39, 0.29) is 92.6 Å². The van der Waals surface area contributed by atoms with Crippen LogP contribution in [0.5, 0.6) is 11.5 Å². The molecule has 2 aliphatic carbocycles. The van der Waals surface area contributed by atoms with E-state index >= 15 is 0 Å². The van der Waals surface area contributed by atoms with Crippen molar-refractivity contribution >= 4 is 47.4 Å². The van der Waals surface area contributed by atoms with Crippen molar-refractivity contribution in [1.29, 1.82) is 0 Å². The lowest BCUT2D eigenvalue weighted by molar-refractivity contribution is -0.187. The SMILES string of the molecule is CCCCCCCC(=O)c1ccc(OC(=O)OC2CCCC2)c(C(=O)c2ccccc2C(=O)OOC(=O)c2ccccc2C(=O)c2cc(C(=O)CCCCCCC)ccc2OC(=O)OC2CCCC2)c1. The van der Waals surface area contributed by atoms with Crippen molar-refractivity contribution < 1.29 is 67.1 Å². The Kier molecular flexibility index (Phi) is 20.0. The minimum Gasteiger partial charge on any atom is -0.431 e. The highest BCUT2D eigenvalue weighted by molar-refractivity contribution is 6.18. The van der Waals surface area contributed by atoms with Crippen molar-refractivity contribution in [2.45, 2.75) is 154 Å². The summed E-state index contributed by atoms with van der Waals surface area (Å²) >= 11 is 0. The second-order valence-electron chi connectivity index (χ2n) is 17.8. The normalized spacial score (nSPS) is 13.6. The van der Waals surface area contributed by atoms with Crippen LogP contribution in [0, 0.1) is 0 Å². The number of rotatable bonds is 24. The smallest absolute Gasteiger partial charge is 0.431 e. The summed E-state index contributed by atoms with van der Waals surface area (Å²) in [6.07, 6.45) is 13.3.